The Morgan fingerprint density at radius 1 is 0.913 bits per heavy atom. The van der Waals surface area contributed by atoms with E-state index in [-0.39, 0.29) is 5.41 Å². The lowest BCUT2D eigenvalue weighted by Gasteiger charge is -2.58. The van der Waals surface area contributed by atoms with Crippen molar-refractivity contribution in [1.29, 1.82) is 0 Å². The Bertz CT molecular complexity index is 534. The van der Waals surface area contributed by atoms with Gasteiger partial charge in [-0.25, -0.2) is 9.97 Å². The molecule has 3 heterocycles. The van der Waals surface area contributed by atoms with Crippen LogP contribution in [-0.2, 0) is 5.41 Å². The number of hydrogen-bond donors (Lipinski definition) is 0. The third kappa shape index (κ3) is 3.37. The first-order valence-electron chi connectivity index (χ1n) is 8.92. The van der Waals surface area contributed by atoms with Crippen molar-refractivity contribution in [2.45, 2.75) is 65.3 Å². The van der Waals surface area contributed by atoms with Crippen molar-refractivity contribution >= 4 is 5.95 Å². The smallest absolute Gasteiger partial charge is 0.225 e. The van der Waals surface area contributed by atoms with E-state index in [1.165, 1.54) is 31.5 Å². The maximum atomic E-state index is 4.62. The van der Waals surface area contributed by atoms with E-state index in [0.717, 1.165) is 19.0 Å². The highest BCUT2D eigenvalue weighted by Gasteiger charge is 2.48. The minimum absolute atomic E-state index is 0.118. The number of rotatable bonds is 1. The standard InChI is InChI=1S/C19H32N4/c1-17(2,3)15-11-20-16(21-12-15)22-9-7-19(8-10-22)13-23(14-19)18(4,5)6/h11-12H,7-10,13-14H2,1-6H3. The number of aromatic nitrogens is 2. The van der Waals surface area contributed by atoms with Gasteiger partial charge in [0.25, 0.3) is 0 Å². The fourth-order valence-electron chi connectivity index (χ4n) is 3.61. The van der Waals surface area contributed by atoms with Crippen molar-refractivity contribution in [3.8, 4) is 0 Å². The molecule has 2 fully saturated rings. The fraction of sp³-hybridized carbons (Fsp3) is 0.789. The largest absolute Gasteiger partial charge is 0.341 e. The van der Waals surface area contributed by atoms with Gasteiger partial charge in [-0.1, -0.05) is 20.8 Å². The molecule has 0 unspecified atom stereocenters. The molecule has 1 spiro atoms. The van der Waals surface area contributed by atoms with Crippen LogP contribution < -0.4 is 4.90 Å². The van der Waals surface area contributed by atoms with Gasteiger partial charge in [0.1, 0.15) is 0 Å². The zero-order valence-corrected chi connectivity index (χ0v) is 15.7. The Morgan fingerprint density at radius 3 is 1.87 bits per heavy atom. The molecule has 0 radical (unpaired) electrons. The SMILES string of the molecule is CC(C)(C)c1cnc(N2CCC3(CC2)CN(C(C)(C)C)C3)nc1. The second-order valence-electron chi connectivity index (χ2n) is 9.54. The summed E-state index contributed by atoms with van der Waals surface area (Å²) < 4.78 is 0. The summed E-state index contributed by atoms with van der Waals surface area (Å²) in [6.45, 7) is 18.3. The second kappa shape index (κ2) is 5.44. The van der Waals surface area contributed by atoms with E-state index in [4.69, 9.17) is 0 Å². The molecule has 128 valence electrons. The molecule has 0 saturated carbocycles. The van der Waals surface area contributed by atoms with Crippen molar-refractivity contribution in [3.63, 3.8) is 0 Å². The van der Waals surface area contributed by atoms with Crippen molar-refractivity contribution < 1.29 is 0 Å². The maximum Gasteiger partial charge on any atom is 0.225 e. The van der Waals surface area contributed by atoms with Crippen molar-refractivity contribution in [3.05, 3.63) is 18.0 Å². The fourth-order valence-corrected chi connectivity index (χ4v) is 3.61. The molecule has 0 aliphatic carbocycles. The summed E-state index contributed by atoms with van der Waals surface area (Å²) in [5, 5.41) is 0. The lowest BCUT2D eigenvalue weighted by atomic mass is 9.70. The Kier molecular flexibility index (Phi) is 3.95. The van der Waals surface area contributed by atoms with Crippen LogP contribution in [0.3, 0.4) is 0 Å². The van der Waals surface area contributed by atoms with Gasteiger partial charge in [0.2, 0.25) is 5.95 Å². The minimum atomic E-state index is 0.118. The number of anilines is 1. The van der Waals surface area contributed by atoms with E-state index in [2.05, 4.69) is 61.3 Å². The van der Waals surface area contributed by atoms with E-state index in [9.17, 15) is 0 Å². The van der Waals surface area contributed by atoms with Gasteiger partial charge in [-0.3, -0.25) is 4.90 Å². The van der Waals surface area contributed by atoms with E-state index < -0.39 is 0 Å². The van der Waals surface area contributed by atoms with Crippen LogP contribution in [0.2, 0.25) is 0 Å². The maximum absolute atomic E-state index is 4.62. The van der Waals surface area contributed by atoms with Gasteiger partial charge in [0.15, 0.2) is 0 Å². The van der Waals surface area contributed by atoms with Gasteiger partial charge < -0.3 is 4.90 Å². The summed E-state index contributed by atoms with van der Waals surface area (Å²) in [5.74, 6) is 0.903. The quantitative estimate of drug-likeness (QED) is 0.794. The lowest BCUT2D eigenvalue weighted by Crippen LogP contribution is -2.65. The van der Waals surface area contributed by atoms with Gasteiger partial charge in [0.05, 0.1) is 0 Å². The molecule has 2 saturated heterocycles. The van der Waals surface area contributed by atoms with Crippen molar-refractivity contribution in [2.24, 2.45) is 5.41 Å². The highest BCUT2D eigenvalue weighted by molar-refractivity contribution is 5.32. The summed E-state index contributed by atoms with van der Waals surface area (Å²) in [6.07, 6.45) is 6.53. The minimum Gasteiger partial charge on any atom is -0.341 e. The Morgan fingerprint density at radius 2 is 1.43 bits per heavy atom. The van der Waals surface area contributed by atoms with E-state index in [0.29, 0.717) is 11.0 Å². The number of hydrogen-bond acceptors (Lipinski definition) is 4. The van der Waals surface area contributed by atoms with Crippen LogP contribution in [0.5, 0.6) is 0 Å². The average molecular weight is 316 g/mol. The molecule has 0 amide bonds. The number of piperidine rings is 1. The first-order valence-corrected chi connectivity index (χ1v) is 8.92. The van der Waals surface area contributed by atoms with Gasteiger partial charge in [0, 0.05) is 44.1 Å². The third-order valence-electron chi connectivity index (χ3n) is 5.61. The molecule has 0 N–H and O–H groups in total. The summed E-state index contributed by atoms with van der Waals surface area (Å²) in [6, 6.07) is 0. The highest BCUT2D eigenvalue weighted by Crippen LogP contribution is 2.43. The summed E-state index contributed by atoms with van der Waals surface area (Å²) in [4.78, 5) is 14.2. The van der Waals surface area contributed by atoms with Crippen LogP contribution in [-0.4, -0.2) is 46.6 Å². The molecular weight excluding hydrogens is 284 g/mol. The Balaban J connectivity index is 1.58. The predicted molar refractivity (Wildman–Crippen MR) is 95.9 cm³/mol. The van der Waals surface area contributed by atoms with Crippen LogP contribution in [0, 0.1) is 5.41 Å². The van der Waals surface area contributed by atoms with Gasteiger partial charge >= 0.3 is 0 Å². The molecule has 2 aliphatic rings. The van der Waals surface area contributed by atoms with E-state index in [1.807, 2.05) is 12.4 Å². The number of nitrogens with zero attached hydrogens (tertiary/aromatic N) is 4. The summed E-state index contributed by atoms with van der Waals surface area (Å²) in [7, 11) is 0. The third-order valence-corrected chi connectivity index (χ3v) is 5.61. The first kappa shape index (κ1) is 16.7. The highest BCUT2D eigenvalue weighted by atomic mass is 15.3. The molecule has 2 aliphatic heterocycles. The molecule has 1 aromatic heterocycles. The molecule has 23 heavy (non-hydrogen) atoms. The van der Waals surface area contributed by atoms with Crippen LogP contribution >= 0.6 is 0 Å². The van der Waals surface area contributed by atoms with Gasteiger partial charge in [-0.2, -0.15) is 0 Å². The van der Waals surface area contributed by atoms with Crippen LogP contribution in [0.15, 0.2) is 12.4 Å². The van der Waals surface area contributed by atoms with Crippen LogP contribution in [0.25, 0.3) is 0 Å². The Hall–Kier alpha value is -1.16. The Labute approximate surface area is 141 Å². The predicted octanol–water partition coefficient (Wildman–Crippen LogP) is 3.47. The molecule has 0 aromatic carbocycles. The molecule has 0 bridgehead atoms. The van der Waals surface area contributed by atoms with Gasteiger partial charge in [-0.05, 0) is 50.0 Å². The molecular formula is C19H32N4. The summed E-state index contributed by atoms with van der Waals surface area (Å²) >= 11 is 0. The normalized spacial score (nSPS) is 22.3. The van der Waals surface area contributed by atoms with Crippen molar-refractivity contribution in [1.82, 2.24) is 14.9 Å². The first-order chi connectivity index (χ1) is 10.6. The molecule has 1 aromatic rings. The van der Waals surface area contributed by atoms with Crippen LogP contribution in [0.4, 0.5) is 5.95 Å². The van der Waals surface area contributed by atoms with Crippen LogP contribution in [0.1, 0.15) is 59.9 Å². The topological polar surface area (TPSA) is 32.3 Å². The summed E-state index contributed by atoms with van der Waals surface area (Å²) in [5.41, 5.74) is 2.19. The lowest BCUT2D eigenvalue weighted by molar-refractivity contribution is -0.0718. The molecule has 4 nitrogen and oxygen atoms in total. The van der Waals surface area contributed by atoms with E-state index >= 15 is 0 Å². The zero-order chi connectivity index (χ0) is 16.9. The monoisotopic (exact) mass is 316 g/mol. The van der Waals surface area contributed by atoms with Gasteiger partial charge in [-0.15, -0.1) is 0 Å². The van der Waals surface area contributed by atoms with E-state index in [1.54, 1.807) is 0 Å². The zero-order valence-electron chi connectivity index (χ0n) is 15.7. The second-order valence-corrected chi connectivity index (χ2v) is 9.54. The average Bonchev–Trinajstić information content (AvgIpc) is 2.43. The molecule has 3 rings (SSSR count). The molecule has 4 heteroatoms. The number of likely N-dealkylation sites (tertiary alicyclic amines) is 1. The molecule has 0 atom stereocenters. The van der Waals surface area contributed by atoms with Crippen molar-refractivity contribution in [2.75, 3.05) is 31.1 Å².